The summed E-state index contributed by atoms with van der Waals surface area (Å²) in [4.78, 5) is 0. The van der Waals surface area contributed by atoms with Crippen LogP contribution in [0.5, 0.6) is 0 Å². The van der Waals surface area contributed by atoms with Crippen LogP contribution >= 0.6 is 0 Å². The van der Waals surface area contributed by atoms with Crippen molar-refractivity contribution in [3.8, 4) is 0 Å². The second-order valence-corrected chi connectivity index (χ2v) is 3.55. The zero-order valence-corrected chi connectivity index (χ0v) is 8.32. The molecule has 0 radical (unpaired) electrons. The number of rotatable bonds is 6. The van der Waals surface area contributed by atoms with E-state index >= 15 is 0 Å². The molecule has 0 atom stereocenters. The van der Waals surface area contributed by atoms with Gasteiger partial charge in [0.2, 0.25) is 0 Å². The van der Waals surface area contributed by atoms with E-state index in [0.717, 1.165) is 19.4 Å². The highest BCUT2D eigenvalue weighted by molar-refractivity contribution is 4.80. The minimum absolute atomic E-state index is 0.0625. The van der Waals surface area contributed by atoms with E-state index in [1.807, 2.05) is 0 Å². The molecule has 0 aromatic heterocycles. The third-order valence-electron chi connectivity index (χ3n) is 2.48. The molecule has 4 nitrogen and oxygen atoms in total. The SMILES string of the molecule is COC(CNCC1CC(O)C1)OC. The van der Waals surface area contributed by atoms with Crippen molar-refractivity contribution >= 4 is 0 Å². The lowest BCUT2D eigenvalue weighted by atomic mass is 9.82. The fourth-order valence-electron chi connectivity index (χ4n) is 1.54. The van der Waals surface area contributed by atoms with Crippen molar-refractivity contribution in [3.63, 3.8) is 0 Å². The molecule has 2 N–H and O–H groups in total. The van der Waals surface area contributed by atoms with Crippen molar-refractivity contribution in [3.05, 3.63) is 0 Å². The van der Waals surface area contributed by atoms with Gasteiger partial charge in [0.1, 0.15) is 0 Å². The van der Waals surface area contributed by atoms with Gasteiger partial charge in [-0.15, -0.1) is 0 Å². The molecule has 0 bridgehead atoms. The van der Waals surface area contributed by atoms with Gasteiger partial charge in [0.25, 0.3) is 0 Å². The number of aliphatic hydroxyl groups excluding tert-OH is 1. The monoisotopic (exact) mass is 189 g/mol. The van der Waals surface area contributed by atoms with Crippen LogP contribution in [-0.2, 0) is 9.47 Å². The molecule has 0 aliphatic heterocycles. The average molecular weight is 189 g/mol. The van der Waals surface area contributed by atoms with Gasteiger partial charge < -0.3 is 19.9 Å². The van der Waals surface area contributed by atoms with Gasteiger partial charge in [0, 0.05) is 20.8 Å². The Bertz CT molecular complexity index is 133. The highest BCUT2D eigenvalue weighted by Crippen LogP contribution is 2.25. The first-order valence-electron chi connectivity index (χ1n) is 4.70. The van der Waals surface area contributed by atoms with E-state index in [9.17, 15) is 0 Å². The van der Waals surface area contributed by atoms with Crippen LogP contribution < -0.4 is 5.32 Å². The standard InChI is InChI=1S/C9H19NO3/c1-12-9(13-2)6-10-5-7-3-8(11)4-7/h7-11H,3-6H2,1-2H3. The molecule has 0 aromatic rings. The van der Waals surface area contributed by atoms with Crippen LogP contribution in [0.25, 0.3) is 0 Å². The Morgan fingerprint density at radius 1 is 1.38 bits per heavy atom. The molecule has 13 heavy (non-hydrogen) atoms. The number of hydrogen-bond acceptors (Lipinski definition) is 4. The molecule has 0 aromatic carbocycles. The third-order valence-corrected chi connectivity index (χ3v) is 2.48. The summed E-state index contributed by atoms with van der Waals surface area (Å²) in [5.41, 5.74) is 0. The average Bonchev–Trinajstić information content (AvgIpc) is 2.09. The Morgan fingerprint density at radius 3 is 2.46 bits per heavy atom. The van der Waals surface area contributed by atoms with E-state index in [-0.39, 0.29) is 12.4 Å². The van der Waals surface area contributed by atoms with Crippen molar-refractivity contribution in [2.45, 2.75) is 25.2 Å². The molecule has 0 unspecified atom stereocenters. The molecule has 1 aliphatic rings. The van der Waals surface area contributed by atoms with Crippen LogP contribution in [0.3, 0.4) is 0 Å². The maximum Gasteiger partial charge on any atom is 0.169 e. The Labute approximate surface area is 79.2 Å². The fourth-order valence-corrected chi connectivity index (χ4v) is 1.54. The number of methoxy groups -OCH3 is 2. The Morgan fingerprint density at radius 2 is 2.00 bits per heavy atom. The van der Waals surface area contributed by atoms with Crippen LogP contribution in [0.15, 0.2) is 0 Å². The lowest BCUT2D eigenvalue weighted by molar-refractivity contribution is -0.0996. The summed E-state index contributed by atoms with van der Waals surface area (Å²) in [5.74, 6) is 0.629. The van der Waals surface area contributed by atoms with Crippen molar-refractivity contribution in [1.82, 2.24) is 5.32 Å². The van der Waals surface area contributed by atoms with Gasteiger partial charge in [-0.2, -0.15) is 0 Å². The van der Waals surface area contributed by atoms with E-state index < -0.39 is 0 Å². The van der Waals surface area contributed by atoms with Crippen LogP contribution in [0.4, 0.5) is 0 Å². The highest BCUT2D eigenvalue weighted by atomic mass is 16.7. The first kappa shape index (κ1) is 10.9. The van der Waals surface area contributed by atoms with Crippen LogP contribution in [-0.4, -0.2) is 44.8 Å². The maximum atomic E-state index is 9.04. The second-order valence-electron chi connectivity index (χ2n) is 3.55. The molecule has 1 saturated carbocycles. The summed E-state index contributed by atoms with van der Waals surface area (Å²) in [6.45, 7) is 1.65. The largest absolute Gasteiger partial charge is 0.393 e. The minimum atomic E-state index is -0.162. The van der Waals surface area contributed by atoms with E-state index in [1.54, 1.807) is 14.2 Å². The quantitative estimate of drug-likeness (QED) is 0.576. The molecule has 0 heterocycles. The Kier molecular flexibility index (Phi) is 4.66. The molecule has 1 aliphatic carbocycles. The first-order valence-corrected chi connectivity index (χ1v) is 4.70. The van der Waals surface area contributed by atoms with Gasteiger partial charge in [0.05, 0.1) is 6.10 Å². The van der Waals surface area contributed by atoms with E-state index in [1.165, 1.54) is 0 Å². The summed E-state index contributed by atoms with van der Waals surface area (Å²) in [5, 5.41) is 12.3. The van der Waals surface area contributed by atoms with E-state index in [4.69, 9.17) is 14.6 Å². The smallest absolute Gasteiger partial charge is 0.169 e. The fraction of sp³-hybridized carbons (Fsp3) is 1.00. The summed E-state index contributed by atoms with van der Waals surface area (Å²) in [6, 6.07) is 0. The third kappa shape index (κ3) is 3.60. The van der Waals surface area contributed by atoms with Gasteiger partial charge in [0.15, 0.2) is 6.29 Å². The lowest BCUT2D eigenvalue weighted by Gasteiger charge is -2.31. The molecule has 78 valence electrons. The topological polar surface area (TPSA) is 50.7 Å². The predicted octanol–water partition coefficient (Wildman–Crippen LogP) is -0.0342. The molecule has 4 heteroatoms. The summed E-state index contributed by atoms with van der Waals surface area (Å²) in [6.07, 6.45) is 1.63. The molecule has 1 fully saturated rings. The van der Waals surface area contributed by atoms with Crippen LogP contribution in [0.1, 0.15) is 12.8 Å². The minimum Gasteiger partial charge on any atom is -0.393 e. The van der Waals surface area contributed by atoms with Gasteiger partial charge in [-0.3, -0.25) is 0 Å². The summed E-state index contributed by atoms with van der Waals surface area (Å²) >= 11 is 0. The van der Waals surface area contributed by atoms with Crippen LogP contribution in [0, 0.1) is 5.92 Å². The molecular formula is C9H19NO3. The number of ether oxygens (including phenoxy) is 2. The van der Waals surface area contributed by atoms with E-state index in [0.29, 0.717) is 12.5 Å². The zero-order valence-electron chi connectivity index (χ0n) is 8.32. The van der Waals surface area contributed by atoms with Crippen molar-refractivity contribution < 1.29 is 14.6 Å². The predicted molar refractivity (Wildman–Crippen MR) is 49.4 cm³/mol. The Balaban J connectivity index is 1.94. The van der Waals surface area contributed by atoms with Crippen molar-refractivity contribution in [2.24, 2.45) is 5.92 Å². The zero-order chi connectivity index (χ0) is 9.68. The highest BCUT2D eigenvalue weighted by Gasteiger charge is 2.26. The van der Waals surface area contributed by atoms with E-state index in [2.05, 4.69) is 5.32 Å². The number of hydrogen-bond donors (Lipinski definition) is 2. The Hall–Kier alpha value is -0.160. The van der Waals surface area contributed by atoms with Crippen molar-refractivity contribution in [1.29, 1.82) is 0 Å². The van der Waals surface area contributed by atoms with Gasteiger partial charge >= 0.3 is 0 Å². The summed E-state index contributed by atoms with van der Waals surface area (Å²) < 4.78 is 10.0. The molecule has 0 amide bonds. The second kappa shape index (κ2) is 5.54. The van der Waals surface area contributed by atoms with Gasteiger partial charge in [-0.1, -0.05) is 0 Å². The van der Waals surface area contributed by atoms with Crippen molar-refractivity contribution in [2.75, 3.05) is 27.3 Å². The van der Waals surface area contributed by atoms with Gasteiger partial charge in [-0.25, -0.2) is 0 Å². The summed E-state index contributed by atoms with van der Waals surface area (Å²) in [7, 11) is 3.26. The molecule has 0 spiro atoms. The molecule has 0 saturated heterocycles. The number of nitrogens with one attached hydrogen (secondary N) is 1. The van der Waals surface area contributed by atoms with Gasteiger partial charge in [-0.05, 0) is 25.3 Å². The first-order chi connectivity index (χ1) is 6.26. The normalized spacial score (nSPS) is 27.7. The lowest BCUT2D eigenvalue weighted by Crippen LogP contribution is -2.39. The number of aliphatic hydroxyl groups is 1. The molecular weight excluding hydrogens is 170 g/mol. The van der Waals surface area contributed by atoms with Crippen LogP contribution in [0.2, 0.25) is 0 Å². The maximum absolute atomic E-state index is 9.04. The molecule has 1 rings (SSSR count).